The van der Waals surface area contributed by atoms with E-state index in [1.165, 1.54) is 0 Å². The van der Waals surface area contributed by atoms with Crippen LogP contribution in [0.2, 0.25) is 0 Å². The molecule has 0 aliphatic heterocycles. The maximum atomic E-state index is 11.8. The van der Waals surface area contributed by atoms with Gasteiger partial charge in [0.15, 0.2) is 0 Å². The summed E-state index contributed by atoms with van der Waals surface area (Å²) in [5.41, 5.74) is 3.96. The zero-order chi connectivity index (χ0) is 14.4. The Balaban J connectivity index is 1.95. The van der Waals surface area contributed by atoms with Gasteiger partial charge in [0.1, 0.15) is 5.75 Å². The van der Waals surface area contributed by atoms with Crippen LogP contribution in [0.15, 0.2) is 53.6 Å². The molecular weight excluding hydrogens is 367 g/mol. The van der Waals surface area contributed by atoms with Crippen molar-refractivity contribution >= 4 is 34.7 Å². The highest BCUT2D eigenvalue weighted by Crippen LogP contribution is 2.09. The van der Waals surface area contributed by atoms with Gasteiger partial charge in [0, 0.05) is 9.13 Å². The fourth-order valence-electron chi connectivity index (χ4n) is 1.52. The van der Waals surface area contributed by atoms with Crippen molar-refractivity contribution in [3.63, 3.8) is 0 Å². The molecule has 0 aliphatic rings. The molecule has 0 atom stereocenters. The molecule has 0 radical (unpaired) electrons. The second-order valence-corrected chi connectivity index (χ2v) is 5.22. The summed E-state index contributed by atoms with van der Waals surface area (Å²) in [4.78, 5) is 11.8. The SMILES string of the molecule is COc1ccc(/C=N\NC(=O)c2ccc(I)cc2)cc1. The Kier molecular flexibility index (Phi) is 5.11. The van der Waals surface area contributed by atoms with Crippen molar-refractivity contribution in [2.24, 2.45) is 5.10 Å². The second-order valence-electron chi connectivity index (χ2n) is 3.98. The van der Waals surface area contributed by atoms with Gasteiger partial charge in [-0.3, -0.25) is 4.79 Å². The van der Waals surface area contributed by atoms with Gasteiger partial charge in [-0.1, -0.05) is 0 Å². The molecule has 1 amide bonds. The summed E-state index contributed by atoms with van der Waals surface area (Å²) in [5.74, 6) is 0.552. The van der Waals surface area contributed by atoms with Crippen LogP contribution in [-0.2, 0) is 0 Å². The zero-order valence-corrected chi connectivity index (χ0v) is 13.0. The minimum Gasteiger partial charge on any atom is -0.497 e. The van der Waals surface area contributed by atoms with E-state index in [9.17, 15) is 4.79 Å². The number of carbonyl (C=O) groups is 1. The van der Waals surface area contributed by atoms with Gasteiger partial charge in [-0.15, -0.1) is 0 Å². The van der Waals surface area contributed by atoms with Crippen LogP contribution in [0.5, 0.6) is 5.75 Å². The van der Waals surface area contributed by atoms with Crippen LogP contribution in [0.25, 0.3) is 0 Å². The summed E-state index contributed by atoms with van der Waals surface area (Å²) in [6.45, 7) is 0. The van der Waals surface area contributed by atoms with Crippen LogP contribution in [-0.4, -0.2) is 19.2 Å². The first-order chi connectivity index (χ1) is 9.69. The van der Waals surface area contributed by atoms with Crippen molar-refractivity contribution in [1.82, 2.24) is 5.43 Å². The minimum absolute atomic E-state index is 0.230. The molecule has 0 aromatic heterocycles. The molecule has 0 fully saturated rings. The predicted molar refractivity (Wildman–Crippen MR) is 87.2 cm³/mol. The summed E-state index contributed by atoms with van der Waals surface area (Å²) < 4.78 is 6.15. The topological polar surface area (TPSA) is 50.7 Å². The quantitative estimate of drug-likeness (QED) is 0.504. The first kappa shape index (κ1) is 14.5. The first-order valence-corrected chi connectivity index (χ1v) is 7.00. The molecule has 0 saturated carbocycles. The maximum Gasteiger partial charge on any atom is 0.271 e. The molecule has 0 spiro atoms. The van der Waals surface area contributed by atoms with Crippen LogP contribution >= 0.6 is 22.6 Å². The molecule has 0 bridgehead atoms. The van der Waals surface area contributed by atoms with Crippen LogP contribution < -0.4 is 10.2 Å². The van der Waals surface area contributed by atoms with Gasteiger partial charge in [-0.2, -0.15) is 5.10 Å². The molecule has 0 aliphatic carbocycles. The number of benzene rings is 2. The highest BCUT2D eigenvalue weighted by molar-refractivity contribution is 14.1. The van der Waals surface area contributed by atoms with Crippen LogP contribution in [0, 0.1) is 3.57 Å². The van der Waals surface area contributed by atoms with E-state index in [4.69, 9.17) is 4.74 Å². The highest BCUT2D eigenvalue weighted by atomic mass is 127. The third-order valence-corrected chi connectivity index (χ3v) is 3.32. The number of amides is 1. The van der Waals surface area contributed by atoms with E-state index in [-0.39, 0.29) is 5.91 Å². The Morgan fingerprint density at radius 3 is 2.40 bits per heavy atom. The van der Waals surface area contributed by atoms with E-state index in [2.05, 4.69) is 33.1 Å². The maximum absolute atomic E-state index is 11.8. The third kappa shape index (κ3) is 4.06. The summed E-state index contributed by atoms with van der Waals surface area (Å²) in [7, 11) is 1.62. The molecule has 0 saturated heterocycles. The summed E-state index contributed by atoms with van der Waals surface area (Å²) in [6.07, 6.45) is 1.59. The Morgan fingerprint density at radius 2 is 1.80 bits per heavy atom. The molecule has 0 heterocycles. The largest absolute Gasteiger partial charge is 0.497 e. The fourth-order valence-corrected chi connectivity index (χ4v) is 1.88. The van der Waals surface area contributed by atoms with Gasteiger partial charge >= 0.3 is 0 Å². The van der Waals surface area contributed by atoms with Crippen LogP contribution in [0.1, 0.15) is 15.9 Å². The average Bonchev–Trinajstić information content (AvgIpc) is 2.48. The van der Waals surface area contributed by atoms with Crippen LogP contribution in [0.4, 0.5) is 0 Å². The van der Waals surface area contributed by atoms with E-state index >= 15 is 0 Å². The minimum atomic E-state index is -0.230. The van der Waals surface area contributed by atoms with Gasteiger partial charge < -0.3 is 4.74 Å². The number of hydrogen-bond acceptors (Lipinski definition) is 3. The molecule has 102 valence electrons. The molecule has 2 aromatic rings. The van der Waals surface area contributed by atoms with Gasteiger partial charge in [-0.05, 0) is 76.7 Å². The molecule has 2 rings (SSSR count). The lowest BCUT2D eigenvalue weighted by Crippen LogP contribution is -2.17. The Morgan fingerprint density at radius 1 is 1.15 bits per heavy atom. The van der Waals surface area contributed by atoms with Crippen molar-refractivity contribution in [3.8, 4) is 5.75 Å². The van der Waals surface area contributed by atoms with Crippen LogP contribution in [0.3, 0.4) is 0 Å². The molecule has 20 heavy (non-hydrogen) atoms. The van der Waals surface area contributed by atoms with E-state index in [0.29, 0.717) is 5.56 Å². The lowest BCUT2D eigenvalue weighted by Gasteiger charge is -2.00. The first-order valence-electron chi connectivity index (χ1n) is 5.92. The summed E-state index contributed by atoms with van der Waals surface area (Å²) >= 11 is 2.19. The van der Waals surface area contributed by atoms with Crippen molar-refractivity contribution in [2.45, 2.75) is 0 Å². The van der Waals surface area contributed by atoms with Gasteiger partial charge in [0.2, 0.25) is 0 Å². The van der Waals surface area contributed by atoms with Crippen molar-refractivity contribution < 1.29 is 9.53 Å². The number of nitrogens with one attached hydrogen (secondary N) is 1. The molecule has 1 N–H and O–H groups in total. The lowest BCUT2D eigenvalue weighted by atomic mass is 10.2. The molecule has 2 aromatic carbocycles. The molecular formula is C15H13IN2O2. The molecule has 4 nitrogen and oxygen atoms in total. The highest BCUT2D eigenvalue weighted by Gasteiger charge is 2.02. The second kappa shape index (κ2) is 7.04. The predicted octanol–water partition coefficient (Wildman–Crippen LogP) is 3.06. The Labute approximate surface area is 131 Å². The monoisotopic (exact) mass is 380 g/mol. The number of carbonyl (C=O) groups excluding carboxylic acids is 1. The van der Waals surface area contributed by atoms with E-state index in [1.807, 2.05) is 36.4 Å². The number of hydrogen-bond donors (Lipinski definition) is 1. The molecule has 0 unspecified atom stereocenters. The average molecular weight is 380 g/mol. The lowest BCUT2D eigenvalue weighted by molar-refractivity contribution is 0.0955. The van der Waals surface area contributed by atoms with E-state index in [0.717, 1.165) is 14.9 Å². The fraction of sp³-hybridized carbons (Fsp3) is 0.0667. The van der Waals surface area contributed by atoms with Crippen molar-refractivity contribution in [3.05, 3.63) is 63.2 Å². The van der Waals surface area contributed by atoms with Gasteiger partial charge in [-0.25, -0.2) is 5.43 Å². The van der Waals surface area contributed by atoms with Crippen molar-refractivity contribution in [1.29, 1.82) is 0 Å². The van der Waals surface area contributed by atoms with E-state index < -0.39 is 0 Å². The number of hydrazone groups is 1. The summed E-state index contributed by atoms with van der Waals surface area (Å²) in [6, 6.07) is 14.7. The number of nitrogens with zero attached hydrogens (tertiary/aromatic N) is 1. The third-order valence-electron chi connectivity index (χ3n) is 2.60. The number of ether oxygens (including phenoxy) is 1. The Hall–Kier alpha value is -1.89. The zero-order valence-electron chi connectivity index (χ0n) is 10.8. The standard InChI is InChI=1S/C15H13IN2O2/c1-20-14-8-2-11(3-9-14)10-17-18-15(19)12-4-6-13(16)7-5-12/h2-10H,1H3,(H,18,19)/b17-10-. The number of methoxy groups -OCH3 is 1. The van der Waals surface area contributed by atoms with Crippen molar-refractivity contribution in [2.75, 3.05) is 7.11 Å². The Bertz CT molecular complexity index is 607. The number of halogens is 1. The molecule has 5 heteroatoms. The van der Waals surface area contributed by atoms with E-state index in [1.54, 1.807) is 25.5 Å². The smallest absolute Gasteiger partial charge is 0.271 e. The normalized spacial score (nSPS) is 10.5. The van der Waals surface area contributed by atoms with Gasteiger partial charge in [0.05, 0.1) is 13.3 Å². The van der Waals surface area contributed by atoms with Gasteiger partial charge in [0.25, 0.3) is 5.91 Å². The number of rotatable bonds is 4. The summed E-state index contributed by atoms with van der Waals surface area (Å²) in [5, 5.41) is 3.93.